The van der Waals surface area contributed by atoms with Crippen molar-refractivity contribution in [1.82, 2.24) is 0 Å². The Hall–Kier alpha value is -0.600. The second kappa shape index (κ2) is 5.32. The summed E-state index contributed by atoms with van der Waals surface area (Å²) >= 11 is 5.91. The van der Waals surface area contributed by atoms with Crippen LogP contribution in [0.25, 0.3) is 0 Å². The van der Waals surface area contributed by atoms with E-state index in [2.05, 4.69) is 0 Å². The highest BCUT2D eigenvalue weighted by Crippen LogP contribution is 2.23. The molecular weight excluding hydrogens is 201 g/mol. The van der Waals surface area contributed by atoms with Crippen LogP contribution in [-0.2, 0) is 6.42 Å². The quantitative estimate of drug-likeness (QED) is 0.768. The number of halogens is 2. The van der Waals surface area contributed by atoms with E-state index in [1.807, 2.05) is 0 Å². The Balaban J connectivity index is 2.79. The summed E-state index contributed by atoms with van der Waals surface area (Å²) in [5, 5.41) is 0.519. The van der Waals surface area contributed by atoms with Crippen molar-refractivity contribution < 1.29 is 4.39 Å². The summed E-state index contributed by atoms with van der Waals surface area (Å²) in [7, 11) is 0. The predicted molar refractivity (Wildman–Crippen MR) is 58.1 cm³/mol. The monoisotopic (exact) mass is 215 g/mol. The Morgan fingerprint density at radius 2 is 2.07 bits per heavy atom. The molecule has 3 heteroatoms. The normalized spacial score (nSPS) is 10.6. The third-order valence-corrected chi connectivity index (χ3v) is 2.61. The lowest BCUT2D eigenvalue weighted by Gasteiger charge is -2.07. The fraction of sp³-hybridized carbons (Fsp3) is 0.455. The van der Waals surface area contributed by atoms with Gasteiger partial charge in [0.05, 0.1) is 0 Å². The summed E-state index contributed by atoms with van der Waals surface area (Å²) in [6, 6.07) is 3.45. The topological polar surface area (TPSA) is 26.0 Å². The summed E-state index contributed by atoms with van der Waals surface area (Å²) < 4.78 is 13.6. The van der Waals surface area contributed by atoms with Crippen LogP contribution in [0.4, 0.5) is 4.39 Å². The second-order valence-corrected chi connectivity index (χ2v) is 3.81. The molecule has 0 heterocycles. The molecule has 0 bridgehead atoms. The van der Waals surface area contributed by atoms with Crippen LogP contribution in [0.15, 0.2) is 12.1 Å². The Morgan fingerprint density at radius 3 is 2.71 bits per heavy atom. The largest absolute Gasteiger partial charge is 0.330 e. The van der Waals surface area contributed by atoms with E-state index >= 15 is 0 Å². The predicted octanol–water partition coefficient (Wildman–Crippen LogP) is 3.07. The van der Waals surface area contributed by atoms with Crippen molar-refractivity contribution in [3.05, 3.63) is 34.1 Å². The number of benzene rings is 1. The number of hydrogen-bond acceptors (Lipinski definition) is 1. The average Bonchev–Trinajstić information content (AvgIpc) is 2.18. The molecule has 0 atom stereocenters. The first-order valence-corrected chi connectivity index (χ1v) is 5.18. The Morgan fingerprint density at radius 1 is 1.36 bits per heavy atom. The molecule has 1 rings (SSSR count). The molecule has 0 fully saturated rings. The summed E-state index contributed by atoms with van der Waals surface area (Å²) in [5.41, 5.74) is 6.65. The zero-order valence-corrected chi connectivity index (χ0v) is 9.07. The molecule has 0 amide bonds. The van der Waals surface area contributed by atoms with Gasteiger partial charge in [0.1, 0.15) is 5.82 Å². The maximum atomic E-state index is 13.6. The van der Waals surface area contributed by atoms with Gasteiger partial charge in [-0.2, -0.15) is 0 Å². The first-order valence-electron chi connectivity index (χ1n) is 4.80. The molecule has 0 saturated carbocycles. The van der Waals surface area contributed by atoms with Gasteiger partial charge in [-0.05, 0) is 44.4 Å². The molecule has 0 spiro atoms. The molecule has 1 aromatic rings. The minimum absolute atomic E-state index is 0.172. The molecule has 0 aliphatic carbocycles. The SMILES string of the molecule is Cc1ccc(Cl)c(CCCCN)c1F. The minimum Gasteiger partial charge on any atom is -0.330 e. The van der Waals surface area contributed by atoms with E-state index in [1.165, 1.54) is 0 Å². The number of nitrogens with two attached hydrogens (primary N) is 1. The maximum absolute atomic E-state index is 13.6. The lowest BCUT2D eigenvalue weighted by Crippen LogP contribution is -2.01. The third kappa shape index (κ3) is 2.69. The van der Waals surface area contributed by atoms with Crippen LogP contribution >= 0.6 is 11.6 Å². The van der Waals surface area contributed by atoms with Crippen molar-refractivity contribution in [2.24, 2.45) is 5.73 Å². The average molecular weight is 216 g/mol. The van der Waals surface area contributed by atoms with Crippen molar-refractivity contribution in [1.29, 1.82) is 0 Å². The van der Waals surface area contributed by atoms with Crippen molar-refractivity contribution in [2.45, 2.75) is 26.2 Å². The fourth-order valence-electron chi connectivity index (χ4n) is 1.39. The van der Waals surface area contributed by atoms with Crippen LogP contribution in [0, 0.1) is 12.7 Å². The first kappa shape index (κ1) is 11.5. The van der Waals surface area contributed by atoms with E-state index in [4.69, 9.17) is 17.3 Å². The van der Waals surface area contributed by atoms with Gasteiger partial charge in [0.15, 0.2) is 0 Å². The molecule has 1 aromatic carbocycles. The van der Waals surface area contributed by atoms with Gasteiger partial charge in [-0.15, -0.1) is 0 Å². The van der Waals surface area contributed by atoms with Gasteiger partial charge in [-0.3, -0.25) is 0 Å². The van der Waals surface area contributed by atoms with Gasteiger partial charge in [-0.1, -0.05) is 17.7 Å². The molecule has 0 aliphatic rings. The fourth-order valence-corrected chi connectivity index (χ4v) is 1.63. The van der Waals surface area contributed by atoms with Crippen molar-refractivity contribution in [2.75, 3.05) is 6.54 Å². The van der Waals surface area contributed by atoms with E-state index in [1.54, 1.807) is 19.1 Å². The molecular formula is C11H15ClFN. The van der Waals surface area contributed by atoms with E-state index in [9.17, 15) is 4.39 Å². The van der Waals surface area contributed by atoms with Gasteiger partial charge in [0.2, 0.25) is 0 Å². The third-order valence-electron chi connectivity index (χ3n) is 2.26. The molecule has 14 heavy (non-hydrogen) atoms. The Bertz CT molecular complexity index is 312. The highest BCUT2D eigenvalue weighted by molar-refractivity contribution is 6.31. The molecule has 0 aliphatic heterocycles. The summed E-state index contributed by atoms with van der Waals surface area (Å²) in [6.07, 6.45) is 2.46. The van der Waals surface area contributed by atoms with E-state index in [0.29, 0.717) is 29.1 Å². The summed E-state index contributed by atoms with van der Waals surface area (Å²) in [4.78, 5) is 0. The maximum Gasteiger partial charge on any atom is 0.130 e. The van der Waals surface area contributed by atoms with Gasteiger partial charge in [-0.25, -0.2) is 4.39 Å². The van der Waals surface area contributed by atoms with Crippen LogP contribution in [0.1, 0.15) is 24.0 Å². The molecule has 1 nitrogen and oxygen atoms in total. The number of unbranched alkanes of at least 4 members (excludes halogenated alkanes) is 1. The van der Waals surface area contributed by atoms with E-state index in [0.717, 1.165) is 12.8 Å². The number of aryl methyl sites for hydroxylation is 1. The van der Waals surface area contributed by atoms with Crippen LogP contribution in [0.2, 0.25) is 5.02 Å². The van der Waals surface area contributed by atoms with Crippen molar-refractivity contribution in [3.63, 3.8) is 0 Å². The highest BCUT2D eigenvalue weighted by Gasteiger charge is 2.08. The van der Waals surface area contributed by atoms with Crippen molar-refractivity contribution >= 4 is 11.6 Å². The van der Waals surface area contributed by atoms with Gasteiger partial charge in [0.25, 0.3) is 0 Å². The van der Waals surface area contributed by atoms with Crippen LogP contribution in [-0.4, -0.2) is 6.54 Å². The molecule has 0 unspecified atom stereocenters. The first-order chi connectivity index (χ1) is 6.66. The molecule has 0 aromatic heterocycles. The van der Waals surface area contributed by atoms with Gasteiger partial charge < -0.3 is 5.73 Å². The second-order valence-electron chi connectivity index (χ2n) is 3.40. The molecule has 2 N–H and O–H groups in total. The van der Waals surface area contributed by atoms with Crippen LogP contribution in [0.5, 0.6) is 0 Å². The minimum atomic E-state index is -0.172. The lowest BCUT2D eigenvalue weighted by molar-refractivity contribution is 0.593. The van der Waals surface area contributed by atoms with Crippen molar-refractivity contribution in [3.8, 4) is 0 Å². The molecule has 0 saturated heterocycles. The summed E-state index contributed by atoms with van der Waals surface area (Å²) in [6.45, 7) is 2.39. The Labute approximate surface area is 89.1 Å². The molecule has 0 radical (unpaired) electrons. The van der Waals surface area contributed by atoms with E-state index < -0.39 is 0 Å². The molecule has 78 valence electrons. The Kier molecular flexibility index (Phi) is 4.36. The lowest BCUT2D eigenvalue weighted by atomic mass is 10.0. The van der Waals surface area contributed by atoms with Gasteiger partial charge >= 0.3 is 0 Å². The zero-order chi connectivity index (χ0) is 10.6. The van der Waals surface area contributed by atoms with Crippen LogP contribution < -0.4 is 5.73 Å². The zero-order valence-electron chi connectivity index (χ0n) is 8.32. The van der Waals surface area contributed by atoms with Gasteiger partial charge in [0, 0.05) is 10.6 Å². The van der Waals surface area contributed by atoms with E-state index in [-0.39, 0.29) is 5.82 Å². The highest BCUT2D eigenvalue weighted by atomic mass is 35.5. The smallest absolute Gasteiger partial charge is 0.130 e. The standard InChI is InChI=1S/C11H15ClFN/c1-8-5-6-10(12)9(11(8)13)4-2-3-7-14/h5-6H,2-4,7,14H2,1H3. The van der Waals surface area contributed by atoms with Crippen LogP contribution in [0.3, 0.4) is 0 Å². The summed E-state index contributed by atoms with van der Waals surface area (Å²) in [5.74, 6) is -0.172. The number of rotatable bonds is 4. The number of hydrogen-bond donors (Lipinski definition) is 1.